The Hall–Kier alpha value is -2.66. The van der Waals surface area contributed by atoms with Crippen molar-refractivity contribution in [2.45, 2.75) is 25.2 Å². The molecule has 27 heavy (non-hydrogen) atoms. The van der Waals surface area contributed by atoms with E-state index < -0.39 is 0 Å². The summed E-state index contributed by atoms with van der Waals surface area (Å²) in [4.78, 5) is 20.1. The first kappa shape index (κ1) is 17.7. The minimum Gasteiger partial charge on any atom is -0.375 e. The third-order valence-electron chi connectivity index (χ3n) is 5.44. The van der Waals surface area contributed by atoms with E-state index in [0.29, 0.717) is 16.6 Å². The average Bonchev–Trinajstić information content (AvgIpc) is 3.06. The lowest BCUT2D eigenvalue weighted by atomic mass is 9.69. The maximum absolute atomic E-state index is 13.2. The van der Waals surface area contributed by atoms with Gasteiger partial charge in [0.25, 0.3) is 5.91 Å². The fourth-order valence-electron chi connectivity index (χ4n) is 4.14. The quantitative estimate of drug-likeness (QED) is 0.742. The van der Waals surface area contributed by atoms with E-state index in [1.807, 2.05) is 24.0 Å². The standard InChI is InChI=1S/C22H23N3OS/c1-16-19(27-21(23)24-16)20(26)25-14-8-13-22(15-25,17-9-4-2-5-10-17)18-11-6-3-7-12-18/h2-7,9-12H,8,13-15H2,1H3,(H2,23,24). The number of likely N-dealkylation sites (tertiary alicyclic amines) is 1. The van der Waals surface area contributed by atoms with Crippen LogP contribution in [0.25, 0.3) is 0 Å². The van der Waals surface area contributed by atoms with Crippen molar-refractivity contribution >= 4 is 22.4 Å². The Balaban J connectivity index is 1.75. The number of piperidine rings is 1. The van der Waals surface area contributed by atoms with Gasteiger partial charge < -0.3 is 10.6 Å². The Morgan fingerprint density at radius 2 is 1.67 bits per heavy atom. The average molecular weight is 378 g/mol. The van der Waals surface area contributed by atoms with Crippen LogP contribution in [0.3, 0.4) is 0 Å². The lowest BCUT2D eigenvalue weighted by molar-refractivity contribution is 0.0670. The van der Waals surface area contributed by atoms with Gasteiger partial charge in [0.15, 0.2) is 5.13 Å². The third-order valence-corrected chi connectivity index (χ3v) is 6.41. The highest BCUT2D eigenvalue weighted by molar-refractivity contribution is 7.17. The van der Waals surface area contributed by atoms with Gasteiger partial charge in [-0.2, -0.15) is 0 Å². The maximum Gasteiger partial charge on any atom is 0.265 e. The van der Waals surface area contributed by atoms with Gasteiger partial charge in [0, 0.05) is 18.5 Å². The van der Waals surface area contributed by atoms with Crippen LogP contribution >= 0.6 is 11.3 Å². The van der Waals surface area contributed by atoms with Crippen molar-refractivity contribution in [2.75, 3.05) is 18.8 Å². The van der Waals surface area contributed by atoms with Crippen molar-refractivity contribution in [1.29, 1.82) is 0 Å². The second-order valence-electron chi connectivity index (χ2n) is 7.11. The number of benzene rings is 2. The van der Waals surface area contributed by atoms with Gasteiger partial charge in [-0.05, 0) is 30.9 Å². The van der Waals surface area contributed by atoms with Crippen molar-refractivity contribution in [1.82, 2.24) is 9.88 Å². The van der Waals surface area contributed by atoms with E-state index in [-0.39, 0.29) is 11.3 Å². The summed E-state index contributed by atoms with van der Waals surface area (Å²) in [6.07, 6.45) is 1.98. The van der Waals surface area contributed by atoms with Gasteiger partial charge in [-0.3, -0.25) is 4.79 Å². The zero-order valence-corrected chi connectivity index (χ0v) is 16.2. The van der Waals surface area contributed by atoms with Crippen LogP contribution in [-0.4, -0.2) is 28.9 Å². The molecule has 1 aromatic heterocycles. The molecule has 1 fully saturated rings. The number of nitrogens with two attached hydrogens (primary N) is 1. The predicted octanol–water partition coefficient (Wildman–Crippen LogP) is 4.26. The number of carbonyl (C=O) groups is 1. The number of hydrogen-bond acceptors (Lipinski definition) is 4. The van der Waals surface area contributed by atoms with E-state index in [0.717, 1.165) is 25.1 Å². The Bertz CT molecular complexity index is 897. The zero-order chi connectivity index (χ0) is 18.9. The van der Waals surface area contributed by atoms with Crippen LogP contribution in [0.4, 0.5) is 5.13 Å². The molecular formula is C22H23N3OS. The van der Waals surface area contributed by atoms with E-state index in [1.165, 1.54) is 22.5 Å². The van der Waals surface area contributed by atoms with Crippen LogP contribution < -0.4 is 5.73 Å². The minimum atomic E-state index is -0.194. The molecule has 2 heterocycles. The molecule has 0 atom stereocenters. The predicted molar refractivity (Wildman–Crippen MR) is 110 cm³/mol. The fraction of sp³-hybridized carbons (Fsp3) is 0.273. The monoisotopic (exact) mass is 377 g/mol. The highest BCUT2D eigenvalue weighted by atomic mass is 32.1. The zero-order valence-electron chi connectivity index (χ0n) is 15.4. The summed E-state index contributed by atoms with van der Waals surface area (Å²) >= 11 is 1.28. The highest BCUT2D eigenvalue weighted by Gasteiger charge is 2.40. The summed E-state index contributed by atoms with van der Waals surface area (Å²) < 4.78 is 0. The Labute approximate surface area is 163 Å². The number of nitrogens with zero attached hydrogens (tertiary/aromatic N) is 2. The summed E-state index contributed by atoms with van der Waals surface area (Å²) in [5.74, 6) is 0.0395. The van der Waals surface area contributed by atoms with Gasteiger partial charge in [-0.25, -0.2) is 4.98 Å². The number of nitrogen functional groups attached to an aromatic ring is 1. The number of aromatic nitrogens is 1. The highest BCUT2D eigenvalue weighted by Crippen LogP contribution is 2.41. The smallest absolute Gasteiger partial charge is 0.265 e. The van der Waals surface area contributed by atoms with Gasteiger partial charge in [0.1, 0.15) is 4.88 Å². The van der Waals surface area contributed by atoms with Crippen LogP contribution in [0, 0.1) is 6.92 Å². The molecule has 1 amide bonds. The SMILES string of the molecule is Cc1nc(N)sc1C(=O)N1CCCC(c2ccccc2)(c2ccccc2)C1. The van der Waals surface area contributed by atoms with Gasteiger partial charge in [0.2, 0.25) is 0 Å². The molecular weight excluding hydrogens is 354 g/mol. The minimum absolute atomic E-state index is 0.0395. The second-order valence-corrected chi connectivity index (χ2v) is 8.14. The molecule has 5 heteroatoms. The molecule has 4 rings (SSSR count). The largest absolute Gasteiger partial charge is 0.375 e. The van der Waals surface area contributed by atoms with E-state index in [2.05, 4.69) is 53.5 Å². The first-order valence-corrected chi connectivity index (χ1v) is 10.0. The molecule has 2 N–H and O–H groups in total. The number of thiazole rings is 1. The first-order chi connectivity index (χ1) is 13.1. The lowest BCUT2D eigenvalue weighted by Crippen LogP contribution is -2.49. The molecule has 0 unspecified atom stereocenters. The number of carbonyl (C=O) groups excluding carboxylic acids is 1. The molecule has 2 aromatic carbocycles. The van der Waals surface area contributed by atoms with E-state index in [1.54, 1.807) is 0 Å². The molecule has 1 aliphatic rings. The van der Waals surface area contributed by atoms with Crippen LogP contribution in [0.15, 0.2) is 60.7 Å². The molecule has 0 bridgehead atoms. The summed E-state index contributed by atoms with van der Waals surface area (Å²) in [5, 5.41) is 0.449. The number of anilines is 1. The summed E-state index contributed by atoms with van der Waals surface area (Å²) in [6.45, 7) is 3.28. The third kappa shape index (κ3) is 3.23. The topological polar surface area (TPSA) is 59.2 Å². The second kappa shape index (κ2) is 7.16. The molecule has 0 saturated carbocycles. The molecule has 1 aliphatic heterocycles. The van der Waals surface area contributed by atoms with Crippen molar-refractivity contribution in [2.24, 2.45) is 0 Å². The lowest BCUT2D eigenvalue weighted by Gasteiger charge is -2.44. The van der Waals surface area contributed by atoms with Gasteiger partial charge in [-0.15, -0.1) is 0 Å². The molecule has 0 aliphatic carbocycles. The maximum atomic E-state index is 13.2. The summed E-state index contributed by atoms with van der Waals surface area (Å²) in [7, 11) is 0. The van der Waals surface area contributed by atoms with Gasteiger partial charge >= 0.3 is 0 Å². The molecule has 138 valence electrons. The Kier molecular flexibility index (Phi) is 4.70. The van der Waals surface area contributed by atoms with E-state index in [4.69, 9.17) is 5.73 Å². The van der Waals surface area contributed by atoms with Gasteiger partial charge in [0.05, 0.1) is 5.69 Å². The number of hydrogen-bond donors (Lipinski definition) is 1. The van der Waals surface area contributed by atoms with Crippen molar-refractivity contribution < 1.29 is 4.79 Å². The van der Waals surface area contributed by atoms with Crippen molar-refractivity contribution in [3.8, 4) is 0 Å². The Morgan fingerprint density at radius 1 is 1.07 bits per heavy atom. The number of rotatable bonds is 3. The molecule has 0 spiro atoms. The molecule has 0 radical (unpaired) electrons. The number of amides is 1. The normalized spacial score (nSPS) is 16.3. The van der Waals surface area contributed by atoms with Gasteiger partial charge in [-0.1, -0.05) is 72.0 Å². The van der Waals surface area contributed by atoms with E-state index in [9.17, 15) is 4.79 Å². The summed E-state index contributed by atoms with van der Waals surface area (Å²) in [6, 6.07) is 21.1. The van der Waals surface area contributed by atoms with Crippen molar-refractivity contribution in [3.63, 3.8) is 0 Å². The van der Waals surface area contributed by atoms with Crippen LogP contribution in [0.5, 0.6) is 0 Å². The van der Waals surface area contributed by atoms with Crippen molar-refractivity contribution in [3.05, 3.63) is 82.4 Å². The van der Waals surface area contributed by atoms with E-state index >= 15 is 0 Å². The first-order valence-electron chi connectivity index (χ1n) is 9.23. The molecule has 1 saturated heterocycles. The Morgan fingerprint density at radius 3 is 2.19 bits per heavy atom. The summed E-state index contributed by atoms with van der Waals surface area (Å²) in [5.41, 5.74) is 8.86. The number of aryl methyl sites for hydroxylation is 1. The molecule has 3 aromatic rings. The van der Waals surface area contributed by atoms with Crippen LogP contribution in [-0.2, 0) is 5.41 Å². The van der Waals surface area contributed by atoms with Crippen LogP contribution in [0.2, 0.25) is 0 Å². The van der Waals surface area contributed by atoms with Crippen LogP contribution in [0.1, 0.15) is 39.3 Å². The molecule has 4 nitrogen and oxygen atoms in total. The fourth-order valence-corrected chi connectivity index (χ4v) is 4.94.